The summed E-state index contributed by atoms with van der Waals surface area (Å²) in [5.41, 5.74) is 9.79. The van der Waals surface area contributed by atoms with E-state index in [1.54, 1.807) is 6.92 Å². The maximum atomic E-state index is 10.5. The first-order valence-electron chi connectivity index (χ1n) is 4.32. The quantitative estimate of drug-likeness (QED) is 0.424. The van der Waals surface area contributed by atoms with Gasteiger partial charge < -0.3 is 16.6 Å². The van der Waals surface area contributed by atoms with Gasteiger partial charge in [-0.25, -0.2) is 0 Å². The molecule has 0 aliphatic rings. The molecule has 0 fully saturated rings. The smallest absolute Gasteiger partial charge is 0.310 e. The fraction of sp³-hybridized carbons (Fsp3) is 0.200. The van der Waals surface area contributed by atoms with Crippen molar-refractivity contribution < 1.29 is 9.90 Å². The van der Waals surface area contributed by atoms with Gasteiger partial charge in [-0.3, -0.25) is 10.2 Å². The van der Waals surface area contributed by atoms with Gasteiger partial charge >= 0.3 is 5.97 Å². The molecule has 1 aromatic carbocycles. The molecule has 0 radical (unpaired) electrons. The summed E-state index contributed by atoms with van der Waals surface area (Å²) in [6.07, 6.45) is 0. The van der Waals surface area contributed by atoms with E-state index < -0.39 is 11.9 Å². The summed E-state index contributed by atoms with van der Waals surface area (Å²) in [4.78, 5) is 10.5. The van der Waals surface area contributed by atoms with E-state index in [1.165, 1.54) is 0 Å². The third-order valence-electron chi connectivity index (χ3n) is 1.67. The first-order chi connectivity index (χ1) is 6.95. The normalized spacial score (nSPS) is 10.7. The lowest BCUT2D eigenvalue weighted by Gasteiger charge is -2.04. The Bertz CT molecular complexity index is 321. The molecule has 0 aromatic heterocycles. The van der Waals surface area contributed by atoms with Gasteiger partial charge in [0.2, 0.25) is 0 Å². The number of guanidine groups is 1. The predicted octanol–water partition coefficient (Wildman–Crippen LogP) is 0.713. The summed E-state index contributed by atoms with van der Waals surface area (Å²) in [5, 5.41) is 14.7. The molecule has 1 rings (SSSR count). The second-order valence-corrected chi connectivity index (χ2v) is 2.93. The fourth-order valence-electron chi connectivity index (χ4n) is 0.884. The van der Waals surface area contributed by atoms with Gasteiger partial charge in [0.1, 0.15) is 0 Å². The summed E-state index contributed by atoms with van der Waals surface area (Å²) in [6, 6.07) is 9.19. The molecule has 0 spiro atoms. The number of carboxylic acid groups (broad SMARTS) is 1. The topological polar surface area (TPSA) is 113 Å². The van der Waals surface area contributed by atoms with Crippen LogP contribution in [0.25, 0.3) is 0 Å². The van der Waals surface area contributed by atoms with Gasteiger partial charge in [0.25, 0.3) is 0 Å². The van der Waals surface area contributed by atoms with Crippen molar-refractivity contribution in [3.05, 3.63) is 35.9 Å². The molecule has 0 heterocycles. The highest BCUT2D eigenvalue weighted by molar-refractivity contribution is 5.75. The number of nitrogens with two attached hydrogens (primary N) is 2. The van der Waals surface area contributed by atoms with E-state index in [0.717, 1.165) is 5.56 Å². The highest BCUT2D eigenvalue weighted by atomic mass is 16.4. The third-order valence-corrected chi connectivity index (χ3v) is 1.67. The van der Waals surface area contributed by atoms with E-state index in [4.69, 9.17) is 10.5 Å². The van der Waals surface area contributed by atoms with E-state index in [2.05, 4.69) is 11.5 Å². The van der Waals surface area contributed by atoms with Crippen molar-refractivity contribution >= 4 is 11.9 Å². The van der Waals surface area contributed by atoms with Gasteiger partial charge in [-0.05, 0) is 12.5 Å². The maximum absolute atomic E-state index is 10.5. The van der Waals surface area contributed by atoms with Gasteiger partial charge in [0.05, 0.1) is 5.92 Å². The van der Waals surface area contributed by atoms with Crippen molar-refractivity contribution in [2.24, 2.45) is 11.5 Å². The lowest BCUT2D eigenvalue weighted by molar-refractivity contribution is -0.138. The number of carboxylic acids is 1. The zero-order valence-corrected chi connectivity index (χ0v) is 8.47. The minimum Gasteiger partial charge on any atom is -0.481 e. The van der Waals surface area contributed by atoms with E-state index in [0.29, 0.717) is 0 Å². The third kappa shape index (κ3) is 6.09. The van der Waals surface area contributed by atoms with Crippen LogP contribution in [0.2, 0.25) is 0 Å². The van der Waals surface area contributed by atoms with Crippen molar-refractivity contribution in [2.75, 3.05) is 0 Å². The van der Waals surface area contributed by atoms with Crippen LogP contribution < -0.4 is 11.5 Å². The van der Waals surface area contributed by atoms with Crippen LogP contribution in [-0.4, -0.2) is 17.0 Å². The van der Waals surface area contributed by atoms with E-state index in [9.17, 15) is 4.79 Å². The highest BCUT2D eigenvalue weighted by Gasteiger charge is 2.11. The molecular weight excluding hydrogens is 194 g/mol. The molecule has 1 aromatic rings. The van der Waals surface area contributed by atoms with Crippen LogP contribution in [0.5, 0.6) is 0 Å². The molecule has 5 heteroatoms. The number of nitrogens with one attached hydrogen (secondary N) is 1. The standard InChI is InChI=1S/C9H10O2.CH5N3/c1-7(9(10)11)8-5-3-2-4-6-8;2-1(3)4/h2-7H,1H3,(H,10,11);(H5,2,3,4). The van der Waals surface area contributed by atoms with Crippen molar-refractivity contribution in [1.82, 2.24) is 0 Å². The van der Waals surface area contributed by atoms with Gasteiger partial charge in [0.15, 0.2) is 5.96 Å². The Hall–Kier alpha value is -2.04. The predicted molar refractivity (Wildman–Crippen MR) is 58.6 cm³/mol. The summed E-state index contributed by atoms with van der Waals surface area (Å²) in [7, 11) is 0. The number of rotatable bonds is 2. The first-order valence-corrected chi connectivity index (χ1v) is 4.32. The highest BCUT2D eigenvalue weighted by Crippen LogP contribution is 2.13. The molecule has 0 aliphatic heterocycles. The minimum atomic E-state index is -0.781. The molecule has 5 nitrogen and oxygen atoms in total. The Morgan fingerprint density at radius 3 is 2.07 bits per heavy atom. The van der Waals surface area contributed by atoms with Crippen molar-refractivity contribution in [2.45, 2.75) is 12.8 Å². The Labute approximate surface area is 88.2 Å². The number of benzene rings is 1. The average molecular weight is 209 g/mol. The molecule has 15 heavy (non-hydrogen) atoms. The van der Waals surface area contributed by atoms with Gasteiger partial charge in [-0.15, -0.1) is 0 Å². The Morgan fingerprint density at radius 2 is 1.73 bits per heavy atom. The molecule has 0 amide bonds. The summed E-state index contributed by atoms with van der Waals surface area (Å²) < 4.78 is 0. The fourth-order valence-corrected chi connectivity index (χ4v) is 0.884. The zero-order chi connectivity index (χ0) is 11.8. The summed E-state index contributed by atoms with van der Waals surface area (Å²) in [6.45, 7) is 1.68. The van der Waals surface area contributed by atoms with E-state index >= 15 is 0 Å². The summed E-state index contributed by atoms with van der Waals surface area (Å²) >= 11 is 0. The maximum Gasteiger partial charge on any atom is 0.310 e. The molecule has 0 saturated carbocycles. The molecule has 0 saturated heterocycles. The monoisotopic (exact) mass is 209 g/mol. The molecule has 0 bridgehead atoms. The van der Waals surface area contributed by atoms with Crippen LogP contribution in [0.15, 0.2) is 30.3 Å². The first kappa shape index (κ1) is 13.0. The van der Waals surface area contributed by atoms with Crippen LogP contribution in [-0.2, 0) is 4.79 Å². The second-order valence-electron chi connectivity index (χ2n) is 2.93. The van der Waals surface area contributed by atoms with Crippen LogP contribution in [0.3, 0.4) is 0 Å². The average Bonchev–Trinajstić information content (AvgIpc) is 2.17. The number of hydrogen-bond acceptors (Lipinski definition) is 2. The number of hydrogen-bond donors (Lipinski definition) is 4. The van der Waals surface area contributed by atoms with Crippen LogP contribution in [0, 0.1) is 5.41 Å². The van der Waals surface area contributed by atoms with Crippen molar-refractivity contribution in [3.63, 3.8) is 0 Å². The molecular formula is C10H15N3O2. The molecule has 6 N–H and O–H groups in total. The Balaban J connectivity index is 0.000000423. The van der Waals surface area contributed by atoms with Gasteiger partial charge in [-0.1, -0.05) is 30.3 Å². The largest absolute Gasteiger partial charge is 0.481 e. The molecule has 1 atom stereocenters. The van der Waals surface area contributed by atoms with Crippen LogP contribution in [0.4, 0.5) is 0 Å². The lowest BCUT2D eigenvalue weighted by atomic mass is 10.0. The number of aliphatic carboxylic acids is 1. The Morgan fingerprint density at radius 1 is 1.33 bits per heavy atom. The molecule has 1 unspecified atom stereocenters. The van der Waals surface area contributed by atoms with Crippen molar-refractivity contribution in [1.29, 1.82) is 5.41 Å². The van der Waals surface area contributed by atoms with Gasteiger partial charge in [0, 0.05) is 0 Å². The van der Waals surface area contributed by atoms with E-state index in [-0.39, 0.29) is 5.96 Å². The molecule has 0 aliphatic carbocycles. The van der Waals surface area contributed by atoms with Crippen LogP contribution in [0.1, 0.15) is 18.4 Å². The minimum absolute atomic E-state index is 0.333. The van der Waals surface area contributed by atoms with Gasteiger partial charge in [-0.2, -0.15) is 0 Å². The lowest BCUT2D eigenvalue weighted by Crippen LogP contribution is -2.20. The zero-order valence-electron chi connectivity index (χ0n) is 8.47. The van der Waals surface area contributed by atoms with Crippen LogP contribution >= 0.6 is 0 Å². The number of carbonyl (C=O) groups is 1. The van der Waals surface area contributed by atoms with E-state index in [1.807, 2.05) is 30.3 Å². The van der Waals surface area contributed by atoms with Crippen molar-refractivity contribution in [3.8, 4) is 0 Å². The summed E-state index contributed by atoms with van der Waals surface area (Å²) in [5.74, 6) is -1.52. The molecule has 82 valence electrons. The second kappa shape index (κ2) is 6.42. The Kier molecular flexibility index (Phi) is 5.55. The SMILES string of the molecule is CC(C(=O)O)c1ccccc1.N=C(N)N.